The first kappa shape index (κ1) is 15.9. The standard InChI is InChI=1S/C15H25N3O3/c19-14(16-11-13-9-6-10-21-13)15(20)18-17-12-7-4-2-1-3-5-8-12/h13H,1-11H2,(H,16,19)(H,18,20)/t13-/m1/s1. The molecule has 1 aliphatic carbocycles. The van der Waals surface area contributed by atoms with Crippen molar-refractivity contribution in [3.05, 3.63) is 0 Å². The molecule has 6 heteroatoms. The van der Waals surface area contributed by atoms with Crippen molar-refractivity contribution in [2.24, 2.45) is 5.10 Å². The predicted molar refractivity (Wildman–Crippen MR) is 79.9 cm³/mol. The van der Waals surface area contributed by atoms with E-state index in [9.17, 15) is 9.59 Å². The Morgan fingerprint density at radius 2 is 1.76 bits per heavy atom. The van der Waals surface area contributed by atoms with Crippen molar-refractivity contribution in [1.29, 1.82) is 0 Å². The van der Waals surface area contributed by atoms with Gasteiger partial charge in [0.25, 0.3) is 0 Å². The van der Waals surface area contributed by atoms with Crippen LogP contribution in [-0.2, 0) is 14.3 Å². The molecule has 21 heavy (non-hydrogen) atoms. The third-order valence-electron chi connectivity index (χ3n) is 3.97. The fraction of sp³-hybridized carbons (Fsp3) is 0.800. The van der Waals surface area contributed by atoms with E-state index >= 15 is 0 Å². The normalized spacial score (nSPS) is 23.0. The van der Waals surface area contributed by atoms with Gasteiger partial charge in [-0.05, 0) is 38.5 Å². The van der Waals surface area contributed by atoms with Crippen LogP contribution in [0.5, 0.6) is 0 Å². The van der Waals surface area contributed by atoms with Gasteiger partial charge in [0, 0.05) is 18.9 Å². The summed E-state index contributed by atoms with van der Waals surface area (Å²) in [5.41, 5.74) is 3.37. The molecular formula is C15H25N3O3. The number of hydrogen-bond donors (Lipinski definition) is 2. The number of nitrogens with one attached hydrogen (secondary N) is 2. The third kappa shape index (κ3) is 5.83. The molecule has 2 N–H and O–H groups in total. The molecule has 2 rings (SSSR count). The number of carbonyl (C=O) groups is 2. The van der Waals surface area contributed by atoms with E-state index in [0.717, 1.165) is 50.8 Å². The summed E-state index contributed by atoms with van der Waals surface area (Å²) in [6.07, 6.45) is 9.76. The van der Waals surface area contributed by atoms with Crippen LogP contribution in [0.1, 0.15) is 57.8 Å². The highest BCUT2D eigenvalue weighted by molar-refractivity contribution is 6.35. The van der Waals surface area contributed by atoms with E-state index in [1.807, 2.05) is 0 Å². The van der Waals surface area contributed by atoms with Crippen LogP contribution >= 0.6 is 0 Å². The first-order valence-electron chi connectivity index (χ1n) is 8.01. The molecule has 1 atom stereocenters. The molecule has 0 aromatic heterocycles. The van der Waals surface area contributed by atoms with Crippen molar-refractivity contribution in [1.82, 2.24) is 10.7 Å². The number of rotatable bonds is 3. The molecule has 0 radical (unpaired) electrons. The molecular weight excluding hydrogens is 270 g/mol. The molecule has 0 aromatic rings. The lowest BCUT2D eigenvalue weighted by Gasteiger charge is -2.11. The Balaban J connectivity index is 1.70. The van der Waals surface area contributed by atoms with Crippen molar-refractivity contribution in [2.75, 3.05) is 13.2 Å². The van der Waals surface area contributed by atoms with E-state index in [2.05, 4.69) is 15.8 Å². The van der Waals surface area contributed by atoms with Crippen LogP contribution < -0.4 is 10.7 Å². The van der Waals surface area contributed by atoms with Crippen molar-refractivity contribution in [2.45, 2.75) is 63.9 Å². The molecule has 1 aliphatic heterocycles. The quantitative estimate of drug-likeness (QED) is 0.611. The van der Waals surface area contributed by atoms with E-state index in [1.165, 1.54) is 19.3 Å². The molecule has 6 nitrogen and oxygen atoms in total. The molecule has 1 saturated carbocycles. The number of hydrogen-bond acceptors (Lipinski definition) is 4. The van der Waals surface area contributed by atoms with Crippen LogP contribution in [0.2, 0.25) is 0 Å². The zero-order valence-electron chi connectivity index (χ0n) is 12.5. The topological polar surface area (TPSA) is 79.8 Å². The number of nitrogens with zero attached hydrogens (tertiary/aromatic N) is 1. The highest BCUT2D eigenvalue weighted by Gasteiger charge is 2.19. The van der Waals surface area contributed by atoms with E-state index < -0.39 is 11.8 Å². The van der Waals surface area contributed by atoms with Gasteiger partial charge in [-0.2, -0.15) is 5.10 Å². The number of carbonyl (C=O) groups excluding carboxylic acids is 2. The number of amides is 2. The molecule has 0 bridgehead atoms. The fourth-order valence-corrected chi connectivity index (χ4v) is 2.70. The molecule has 1 saturated heterocycles. The van der Waals surface area contributed by atoms with Crippen molar-refractivity contribution < 1.29 is 14.3 Å². The minimum Gasteiger partial charge on any atom is -0.376 e. The Bertz CT molecular complexity index is 380. The number of ether oxygens (including phenoxy) is 1. The molecule has 0 aromatic carbocycles. The molecule has 2 fully saturated rings. The highest BCUT2D eigenvalue weighted by Crippen LogP contribution is 2.14. The van der Waals surface area contributed by atoms with Crippen LogP contribution in [0.25, 0.3) is 0 Å². The number of hydrazone groups is 1. The monoisotopic (exact) mass is 295 g/mol. The second-order valence-electron chi connectivity index (χ2n) is 5.73. The minimum absolute atomic E-state index is 0.0404. The zero-order chi connectivity index (χ0) is 14.9. The summed E-state index contributed by atoms with van der Waals surface area (Å²) in [5.74, 6) is -1.33. The summed E-state index contributed by atoms with van der Waals surface area (Å²) in [7, 11) is 0. The van der Waals surface area contributed by atoms with Crippen molar-refractivity contribution >= 4 is 17.5 Å². The largest absolute Gasteiger partial charge is 0.376 e. The lowest BCUT2D eigenvalue weighted by molar-refractivity contribution is -0.139. The Morgan fingerprint density at radius 3 is 2.43 bits per heavy atom. The van der Waals surface area contributed by atoms with Crippen LogP contribution in [0.3, 0.4) is 0 Å². The molecule has 0 unspecified atom stereocenters. The maximum atomic E-state index is 11.7. The average molecular weight is 295 g/mol. The summed E-state index contributed by atoms with van der Waals surface area (Å²) >= 11 is 0. The molecule has 118 valence electrons. The Labute approximate surface area is 125 Å². The van der Waals surface area contributed by atoms with Gasteiger partial charge < -0.3 is 10.1 Å². The maximum absolute atomic E-state index is 11.7. The second kappa shape index (κ2) is 8.77. The van der Waals surface area contributed by atoms with Gasteiger partial charge >= 0.3 is 11.8 Å². The van der Waals surface area contributed by atoms with Gasteiger partial charge in [-0.25, -0.2) is 5.43 Å². The molecule has 2 aliphatic rings. The van der Waals surface area contributed by atoms with E-state index in [1.54, 1.807) is 0 Å². The fourth-order valence-electron chi connectivity index (χ4n) is 2.70. The van der Waals surface area contributed by atoms with Crippen LogP contribution in [-0.4, -0.2) is 36.8 Å². The SMILES string of the molecule is O=C(NC[C@H]1CCCO1)C(=O)NN=C1CCCCCCC1. The third-order valence-corrected chi connectivity index (χ3v) is 3.97. The average Bonchev–Trinajstić information content (AvgIpc) is 2.96. The Morgan fingerprint density at radius 1 is 1.05 bits per heavy atom. The first-order chi connectivity index (χ1) is 10.3. The van der Waals surface area contributed by atoms with Gasteiger partial charge in [-0.15, -0.1) is 0 Å². The minimum atomic E-state index is -0.692. The van der Waals surface area contributed by atoms with Crippen molar-refractivity contribution in [3.63, 3.8) is 0 Å². The summed E-state index contributed by atoms with van der Waals surface area (Å²) in [5, 5.41) is 6.70. The van der Waals surface area contributed by atoms with E-state index in [0.29, 0.717) is 6.54 Å². The maximum Gasteiger partial charge on any atom is 0.329 e. The van der Waals surface area contributed by atoms with Crippen molar-refractivity contribution in [3.8, 4) is 0 Å². The van der Waals surface area contributed by atoms with Gasteiger partial charge in [0.05, 0.1) is 6.10 Å². The molecule has 1 heterocycles. The van der Waals surface area contributed by atoms with E-state index in [-0.39, 0.29) is 6.10 Å². The predicted octanol–water partition coefficient (Wildman–Crippen LogP) is 1.50. The second-order valence-corrected chi connectivity index (χ2v) is 5.73. The van der Waals surface area contributed by atoms with Gasteiger partial charge in [-0.1, -0.05) is 19.3 Å². The van der Waals surface area contributed by atoms with Gasteiger partial charge in [0.15, 0.2) is 0 Å². The summed E-state index contributed by atoms with van der Waals surface area (Å²) in [4.78, 5) is 23.3. The molecule has 2 amide bonds. The zero-order valence-corrected chi connectivity index (χ0v) is 12.5. The van der Waals surface area contributed by atoms with Crippen LogP contribution in [0.15, 0.2) is 5.10 Å². The lowest BCUT2D eigenvalue weighted by atomic mass is 9.99. The first-order valence-corrected chi connectivity index (χ1v) is 8.01. The van der Waals surface area contributed by atoms with Crippen LogP contribution in [0, 0.1) is 0 Å². The molecule has 0 spiro atoms. The summed E-state index contributed by atoms with van der Waals surface area (Å²) in [6.45, 7) is 1.13. The smallest absolute Gasteiger partial charge is 0.329 e. The summed E-state index contributed by atoms with van der Waals surface area (Å²) in [6, 6.07) is 0. The van der Waals surface area contributed by atoms with Gasteiger partial charge in [0.1, 0.15) is 0 Å². The van der Waals surface area contributed by atoms with Gasteiger partial charge in [0.2, 0.25) is 0 Å². The van der Waals surface area contributed by atoms with E-state index in [4.69, 9.17) is 4.74 Å². The lowest BCUT2D eigenvalue weighted by Crippen LogP contribution is -2.41. The summed E-state index contributed by atoms with van der Waals surface area (Å²) < 4.78 is 5.39. The highest BCUT2D eigenvalue weighted by atomic mass is 16.5. The Hall–Kier alpha value is -1.43. The van der Waals surface area contributed by atoms with Gasteiger partial charge in [-0.3, -0.25) is 9.59 Å². The Kier molecular flexibility index (Phi) is 6.66. The van der Waals surface area contributed by atoms with Crippen LogP contribution in [0.4, 0.5) is 0 Å².